The fraction of sp³-hybridized carbons (Fsp3) is 0.723. The maximum Gasteiger partial charge on any atom is 0.126 e. The summed E-state index contributed by atoms with van der Waals surface area (Å²) in [7, 11) is 0. The lowest BCUT2D eigenvalue weighted by molar-refractivity contribution is -0.222. The monoisotopic (exact) mass is 683 g/mol. The molecule has 0 saturated heterocycles. The number of aldehydes is 1. The molecule has 6 rings (SSSR count). The Morgan fingerprint density at radius 1 is 0.980 bits per heavy atom. The number of hydrogen-bond acceptors (Lipinski definition) is 3. The van der Waals surface area contributed by atoms with Gasteiger partial charge in [0.25, 0.3) is 0 Å². The van der Waals surface area contributed by atoms with E-state index in [1.807, 2.05) is 12.1 Å². The van der Waals surface area contributed by atoms with Crippen LogP contribution in [0.3, 0.4) is 0 Å². The van der Waals surface area contributed by atoms with Crippen LogP contribution in [0.1, 0.15) is 151 Å². The maximum absolute atomic E-state index is 13.0. The zero-order chi connectivity index (χ0) is 36.3. The Hall–Kier alpha value is -2.29. The van der Waals surface area contributed by atoms with Crippen LogP contribution in [0.25, 0.3) is 6.08 Å². The number of aryl methyl sites for hydroxylation is 1. The van der Waals surface area contributed by atoms with Crippen LogP contribution in [0, 0.1) is 62.6 Å². The molecule has 0 aromatic heterocycles. The molecule has 50 heavy (non-hydrogen) atoms. The number of allylic oxidation sites excluding steroid dienone is 4. The molecule has 4 fully saturated rings. The Morgan fingerprint density at radius 3 is 2.42 bits per heavy atom. The van der Waals surface area contributed by atoms with Gasteiger partial charge in [-0.05, 0) is 158 Å². The highest BCUT2D eigenvalue weighted by atomic mass is 16.5. The molecule has 276 valence electrons. The van der Waals surface area contributed by atoms with Crippen molar-refractivity contribution in [3.05, 3.63) is 58.9 Å². The average Bonchev–Trinajstić information content (AvgIpc) is 3.07. The van der Waals surface area contributed by atoms with Gasteiger partial charge in [0, 0.05) is 10.8 Å². The van der Waals surface area contributed by atoms with Crippen molar-refractivity contribution in [2.24, 2.45) is 62.6 Å². The Kier molecular flexibility index (Phi) is 10.2. The third kappa shape index (κ3) is 5.69. The van der Waals surface area contributed by atoms with Crippen molar-refractivity contribution in [2.75, 3.05) is 0 Å². The lowest BCUT2D eigenvalue weighted by Crippen LogP contribution is -2.66. The molecule has 5 aliphatic rings. The van der Waals surface area contributed by atoms with Gasteiger partial charge in [-0.25, -0.2) is 0 Å². The summed E-state index contributed by atoms with van der Waals surface area (Å²) in [6.45, 7) is 24.6. The normalized spacial score (nSPS) is 42.5. The first-order valence-electron chi connectivity index (χ1n) is 20.7. The summed E-state index contributed by atoms with van der Waals surface area (Å²) < 4.78 is 7.19. The first-order valence-corrected chi connectivity index (χ1v) is 20.7. The van der Waals surface area contributed by atoms with Crippen LogP contribution in [0.2, 0.25) is 0 Å². The number of fused-ring (bicyclic) bond motifs is 7. The van der Waals surface area contributed by atoms with E-state index in [0.717, 1.165) is 55.4 Å². The van der Waals surface area contributed by atoms with Crippen LogP contribution in [-0.4, -0.2) is 17.5 Å². The average molecular weight is 683 g/mol. The largest absolute Gasteiger partial charge is 0.508 e. The fourth-order valence-corrected chi connectivity index (χ4v) is 13.7. The standard InChI is InChI=1S/C47H70O3/c1-11-14-34-28-33(17-20-38(34)49)16-18-36(13-3)50-42-35(15-12-2)29-44(8)39(43(42,6)7)23-24-46(10)40(44)21-19-37-41-32(5)31(4)22-25-47(41,30-48)27-26-45(37,46)9/h13,16-20,28,30-32,35,39-42,49H,11-12,14-15,21-27,29H2,1-10H3/b18-16+,36-13-. The molecule has 0 radical (unpaired) electrons. The lowest BCUT2D eigenvalue weighted by Gasteiger charge is -2.72. The predicted molar refractivity (Wildman–Crippen MR) is 209 cm³/mol. The highest BCUT2D eigenvalue weighted by molar-refractivity contribution is 5.63. The highest BCUT2D eigenvalue weighted by Gasteiger charge is 2.69. The minimum atomic E-state index is -0.149. The molecule has 1 N–H and O–H groups in total. The van der Waals surface area contributed by atoms with Crippen molar-refractivity contribution in [1.29, 1.82) is 0 Å². The van der Waals surface area contributed by atoms with Crippen LogP contribution in [-0.2, 0) is 16.0 Å². The Balaban J connectivity index is 1.31. The molecule has 5 aliphatic carbocycles. The first kappa shape index (κ1) is 37.5. The van der Waals surface area contributed by atoms with Crippen molar-refractivity contribution in [2.45, 2.75) is 152 Å². The molecule has 0 heterocycles. The van der Waals surface area contributed by atoms with E-state index in [1.54, 1.807) is 5.57 Å². The summed E-state index contributed by atoms with van der Waals surface area (Å²) in [5, 5.41) is 10.3. The number of hydrogen-bond donors (Lipinski definition) is 1. The second kappa shape index (κ2) is 13.6. The molecule has 0 bridgehead atoms. The molecule has 1 aromatic carbocycles. The predicted octanol–water partition coefficient (Wildman–Crippen LogP) is 12.5. The molecular weight excluding hydrogens is 613 g/mol. The molecule has 11 unspecified atom stereocenters. The summed E-state index contributed by atoms with van der Waals surface area (Å²) in [5.41, 5.74) is 4.29. The summed E-state index contributed by atoms with van der Waals surface area (Å²) in [4.78, 5) is 13.0. The van der Waals surface area contributed by atoms with E-state index in [0.29, 0.717) is 41.3 Å². The van der Waals surface area contributed by atoms with E-state index in [2.05, 4.69) is 99.6 Å². The second-order valence-electron chi connectivity index (χ2n) is 19.3. The van der Waals surface area contributed by atoms with Gasteiger partial charge in [-0.3, -0.25) is 0 Å². The topological polar surface area (TPSA) is 46.5 Å². The van der Waals surface area contributed by atoms with Gasteiger partial charge in [0.2, 0.25) is 0 Å². The van der Waals surface area contributed by atoms with Gasteiger partial charge in [-0.1, -0.05) is 98.9 Å². The van der Waals surface area contributed by atoms with Crippen molar-refractivity contribution in [3.8, 4) is 5.75 Å². The van der Waals surface area contributed by atoms with Crippen LogP contribution >= 0.6 is 0 Å². The molecular formula is C47H70O3. The summed E-state index contributed by atoms with van der Waals surface area (Å²) >= 11 is 0. The minimum Gasteiger partial charge on any atom is -0.508 e. The molecule has 0 spiro atoms. The fourth-order valence-electron chi connectivity index (χ4n) is 13.7. The van der Waals surface area contributed by atoms with Gasteiger partial charge in [0.1, 0.15) is 23.9 Å². The zero-order valence-corrected chi connectivity index (χ0v) is 33.4. The van der Waals surface area contributed by atoms with Crippen LogP contribution in [0.15, 0.2) is 47.8 Å². The second-order valence-corrected chi connectivity index (χ2v) is 19.3. The van der Waals surface area contributed by atoms with Gasteiger partial charge >= 0.3 is 0 Å². The van der Waals surface area contributed by atoms with Crippen molar-refractivity contribution in [1.82, 2.24) is 0 Å². The molecule has 4 saturated carbocycles. The zero-order valence-electron chi connectivity index (χ0n) is 33.4. The number of phenols is 1. The summed E-state index contributed by atoms with van der Waals surface area (Å²) in [6.07, 6.45) is 24.4. The Morgan fingerprint density at radius 2 is 1.74 bits per heavy atom. The molecule has 3 nitrogen and oxygen atoms in total. The highest BCUT2D eigenvalue weighted by Crippen LogP contribution is 2.76. The number of carbonyl (C=O) groups excluding carboxylic acids is 1. The molecule has 3 heteroatoms. The number of aromatic hydroxyl groups is 1. The maximum atomic E-state index is 13.0. The number of ether oxygens (including phenoxy) is 1. The van der Waals surface area contributed by atoms with Crippen LogP contribution in [0.4, 0.5) is 0 Å². The van der Waals surface area contributed by atoms with Crippen molar-refractivity contribution in [3.63, 3.8) is 0 Å². The van der Waals surface area contributed by atoms with Crippen molar-refractivity contribution < 1.29 is 14.6 Å². The smallest absolute Gasteiger partial charge is 0.126 e. The first-order chi connectivity index (χ1) is 23.7. The quantitative estimate of drug-likeness (QED) is 0.122. The van der Waals surface area contributed by atoms with Gasteiger partial charge < -0.3 is 14.6 Å². The number of benzene rings is 1. The van der Waals surface area contributed by atoms with E-state index >= 15 is 0 Å². The van der Waals surface area contributed by atoms with Gasteiger partial charge in [0.15, 0.2) is 0 Å². The molecule has 1 aromatic rings. The molecule has 11 atom stereocenters. The molecule has 0 amide bonds. The van der Waals surface area contributed by atoms with E-state index in [1.165, 1.54) is 44.8 Å². The number of phenolic OH excluding ortho intramolecular Hbond substituents is 1. The number of rotatable bonds is 9. The van der Waals surface area contributed by atoms with Gasteiger partial charge in [-0.2, -0.15) is 0 Å². The summed E-state index contributed by atoms with van der Waals surface area (Å²) in [6, 6.07) is 5.94. The van der Waals surface area contributed by atoms with Crippen LogP contribution < -0.4 is 0 Å². The van der Waals surface area contributed by atoms with Crippen molar-refractivity contribution >= 4 is 12.4 Å². The van der Waals surface area contributed by atoms with E-state index in [-0.39, 0.29) is 33.2 Å². The third-order valence-electron chi connectivity index (χ3n) is 16.6. The van der Waals surface area contributed by atoms with E-state index < -0.39 is 0 Å². The van der Waals surface area contributed by atoms with Gasteiger partial charge in [0.05, 0.1) is 0 Å². The summed E-state index contributed by atoms with van der Waals surface area (Å²) in [5.74, 6) is 4.71. The SMILES string of the molecule is C/C=C(/C=C/c1ccc(O)c(CCC)c1)OC1C(CCC)CC2(C)C(CCC3(C)C2CC=C2C4C(C)C(C)CCC4(C=O)CCC23C)C1(C)C. The van der Waals surface area contributed by atoms with E-state index in [4.69, 9.17) is 4.74 Å². The minimum absolute atomic E-state index is 0.0283. The van der Waals surface area contributed by atoms with Crippen LogP contribution in [0.5, 0.6) is 5.75 Å². The lowest BCUT2D eigenvalue weighted by atomic mass is 9.33. The van der Waals surface area contributed by atoms with Gasteiger partial charge in [-0.15, -0.1) is 0 Å². The Labute approximate surface area is 305 Å². The Bertz CT molecular complexity index is 1510. The number of carbonyl (C=O) groups is 1. The van der Waals surface area contributed by atoms with E-state index in [9.17, 15) is 9.90 Å². The third-order valence-corrected chi connectivity index (χ3v) is 16.6. The molecule has 0 aliphatic heterocycles.